The van der Waals surface area contributed by atoms with Gasteiger partial charge in [-0.25, -0.2) is 29.9 Å². The Hall–Kier alpha value is -7.90. The van der Waals surface area contributed by atoms with Crippen LogP contribution in [0.2, 0.25) is 0 Å². The maximum atomic E-state index is 6.35. The van der Waals surface area contributed by atoms with Crippen molar-refractivity contribution >= 4 is 43.7 Å². The highest BCUT2D eigenvalue weighted by Gasteiger charge is 2.18. The Morgan fingerprint density at radius 2 is 0.842 bits per heavy atom. The monoisotopic (exact) mass is 730 g/mol. The van der Waals surface area contributed by atoms with Crippen molar-refractivity contribution in [3.8, 4) is 67.7 Å². The van der Waals surface area contributed by atoms with Gasteiger partial charge in [0, 0.05) is 34.0 Å². The Labute approximate surface area is 327 Å². The Kier molecular flexibility index (Phi) is 7.67. The van der Waals surface area contributed by atoms with Gasteiger partial charge in [0.25, 0.3) is 0 Å². The number of rotatable bonds is 6. The summed E-state index contributed by atoms with van der Waals surface area (Å²) in [6, 6.07) is 58.3. The van der Waals surface area contributed by atoms with Gasteiger partial charge >= 0.3 is 0 Å². The molecule has 0 unspecified atom stereocenters. The smallest absolute Gasteiger partial charge is 0.229 e. The van der Waals surface area contributed by atoms with E-state index in [-0.39, 0.29) is 0 Å². The van der Waals surface area contributed by atoms with Crippen LogP contribution in [0.5, 0.6) is 0 Å². The fraction of sp³-hybridized carbons (Fsp3) is 0. The zero-order valence-corrected chi connectivity index (χ0v) is 30.4. The molecule has 266 valence electrons. The molecule has 0 aliphatic rings. The summed E-state index contributed by atoms with van der Waals surface area (Å²) in [5.41, 5.74) is 10.5. The van der Waals surface area contributed by atoms with Crippen LogP contribution in [-0.4, -0.2) is 29.9 Å². The second kappa shape index (κ2) is 13.4. The van der Waals surface area contributed by atoms with Gasteiger partial charge in [0.05, 0.1) is 5.39 Å². The zero-order valence-electron chi connectivity index (χ0n) is 30.4. The van der Waals surface area contributed by atoms with Crippen molar-refractivity contribution in [3.63, 3.8) is 0 Å². The van der Waals surface area contributed by atoms with Crippen molar-refractivity contribution < 1.29 is 4.42 Å². The van der Waals surface area contributed by atoms with Gasteiger partial charge in [0.15, 0.2) is 23.1 Å². The summed E-state index contributed by atoms with van der Waals surface area (Å²) >= 11 is 0. The van der Waals surface area contributed by atoms with Crippen molar-refractivity contribution in [2.75, 3.05) is 0 Å². The van der Waals surface area contributed by atoms with Crippen molar-refractivity contribution in [2.24, 2.45) is 0 Å². The number of hydrogen-bond donors (Lipinski definition) is 0. The molecule has 11 aromatic rings. The molecule has 7 heteroatoms. The highest BCUT2D eigenvalue weighted by Crippen LogP contribution is 2.36. The van der Waals surface area contributed by atoms with Crippen molar-refractivity contribution in [3.05, 3.63) is 182 Å². The largest absolute Gasteiger partial charge is 0.434 e. The lowest BCUT2D eigenvalue weighted by atomic mass is 10.0. The maximum Gasteiger partial charge on any atom is 0.229 e. The topological polar surface area (TPSA) is 90.5 Å². The van der Waals surface area contributed by atoms with E-state index in [1.807, 2.05) is 66.9 Å². The van der Waals surface area contributed by atoms with Crippen LogP contribution in [0.25, 0.3) is 111 Å². The molecule has 4 heterocycles. The fourth-order valence-electron chi connectivity index (χ4n) is 7.52. The molecular weight excluding hydrogens is 701 g/mol. The third kappa shape index (κ3) is 5.95. The van der Waals surface area contributed by atoms with E-state index < -0.39 is 0 Å². The molecule has 0 fully saturated rings. The van der Waals surface area contributed by atoms with Crippen molar-refractivity contribution in [1.82, 2.24) is 29.9 Å². The molecule has 0 N–H and O–H groups in total. The van der Waals surface area contributed by atoms with Crippen LogP contribution < -0.4 is 0 Å². The first kappa shape index (κ1) is 32.5. The van der Waals surface area contributed by atoms with Gasteiger partial charge in [0.2, 0.25) is 5.71 Å². The number of fused-ring (bicyclic) bond motifs is 5. The second-order valence-corrected chi connectivity index (χ2v) is 14.0. The first-order valence-corrected chi connectivity index (χ1v) is 18.7. The van der Waals surface area contributed by atoms with E-state index >= 15 is 0 Å². The molecule has 0 amide bonds. The molecule has 0 atom stereocenters. The van der Waals surface area contributed by atoms with Crippen molar-refractivity contribution in [2.45, 2.75) is 0 Å². The average Bonchev–Trinajstić information content (AvgIpc) is 3.67. The first-order valence-electron chi connectivity index (χ1n) is 18.7. The van der Waals surface area contributed by atoms with Crippen LogP contribution in [0.1, 0.15) is 0 Å². The molecule has 7 nitrogen and oxygen atoms in total. The molecule has 7 aromatic carbocycles. The molecule has 0 bridgehead atoms. The normalized spacial score (nSPS) is 11.5. The Bertz CT molecular complexity index is 3270. The molecule has 11 rings (SSSR count). The van der Waals surface area contributed by atoms with E-state index in [2.05, 4.69) is 119 Å². The highest BCUT2D eigenvalue weighted by atomic mass is 16.3. The summed E-state index contributed by atoms with van der Waals surface area (Å²) in [4.78, 5) is 28.9. The minimum Gasteiger partial charge on any atom is -0.434 e. The van der Waals surface area contributed by atoms with Gasteiger partial charge in [0.1, 0.15) is 17.5 Å². The van der Waals surface area contributed by atoms with Crippen LogP contribution >= 0.6 is 0 Å². The second-order valence-electron chi connectivity index (χ2n) is 14.0. The summed E-state index contributed by atoms with van der Waals surface area (Å²) in [7, 11) is 0. The lowest BCUT2D eigenvalue weighted by Gasteiger charge is -2.10. The van der Waals surface area contributed by atoms with Crippen LogP contribution in [0, 0.1) is 0 Å². The average molecular weight is 731 g/mol. The molecule has 0 radical (unpaired) electrons. The predicted octanol–water partition coefficient (Wildman–Crippen LogP) is 12.3. The molecule has 0 aliphatic carbocycles. The molecule has 0 saturated heterocycles. The van der Waals surface area contributed by atoms with Crippen LogP contribution in [0.15, 0.2) is 187 Å². The van der Waals surface area contributed by atoms with Gasteiger partial charge in [-0.1, -0.05) is 146 Å². The van der Waals surface area contributed by atoms with Crippen molar-refractivity contribution in [1.29, 1.82) is 0 Å². The lowest BCUT2D eigenvalue weighted by molar-refractivity contribution is 0.652. The van der Waals surface area contributed by atoms with Gasteiger partial charge in [-0.05, 0) is 62.5 Å². The molecule has 0 saturated carbocycles. The number of furan rings is 1. The Morgan fingerprint density at radius 1 is 0.351 bits per heavy atom. The van der Waals surface area contributed by atoms with Gasteiger partial charge in [-0.2, -0.15) is 0 Å². The summed E-state index contributed by atoms with van der Waals surface area (Å²) in [6.45, 7) is 0. The van der Waals surface area contributed by atoms with E-state index in [1.165, 1.54) is 16.2 Å². The first-order chi connectivity index (χ1) is 28.2. The molecule has 0 spiro atoms. The van der Waals surface area contributed by atoms with Crippen LogP contribution in [0.3, 0.4) is 0 Å². The SMILES string of the molecule is c1ccc(-c2ccc(-c3nc(-c4ccccc4)nc(-c4ccc(-c5cnc6oc7c(-c8ccc9cc%10ccccc%10cc9c8)ncnc7c6c5)cc4)n3)cc2)cc1. The standard InChI is InChI=1S/C50H30N6O/c1-3-9-31(10-4-1)32-15-19-35(20-16-32)48-54-47(34-11-5-2-6-12-34)55-49(56-48)36-21-17-33(18-22-36)42-28-43-45-46(57-50(43)51-29-42)44(52-30-53-45)40-24-23-39-25-37-13-7-8-14-38(37)26-41(39)27-40/h1-30H. The summed E-state index contributed by atoms with van der Waals surface area (Å²) < 4.78 is 6.35. The van der Waals surface area contributed by atoms with Crippen LogP contribution in [0.4, 0.5) is 0 Å². The quantitative estimate of drug-likeness (QED) is 0.157. The minimum atomic E-state index is 0.516. The summed E-state index contributed by atoms with van der Waals surface area (Å²) in [5.74, 6) is 1.83. The van der Waals surface area contributed by atoms with E-state index in [0.29, 0.717) is 28.8 Å². The van der Waals surface area contributed by atoms with E-state index in [1.54, 1.807) is 6.33 Å². The number of hydrogen-bond acceptors (Lipinski definition) is 7. The van der Waals surface area contributed by atoms with Gasteiger partial charge in [-0.15, -0.1) is 0 Å². The fourth-order valence-corrected chi connectivity index (χ4v) is 7.52. The summed E-state index contributed by atoms with van der Waals surface area (Å²) in [5, 5.41) is 5.55. The minimum absolute atomic E-state index is 0.516. The number of aromatic nitrogens is 6. The maximum absolute atomic E-state index is 6.35. The summed E-state index contributed by atoms with van der Waals surface area (Å²) in [6.07, 6.45) is 3.44. The van der Waals surface area contributed by atoms with Crippen LogP contribution in [-0.2, 0) is 0 Å². The Balaban J connectivity index is 0.937. The molecular formula is C50H30N6O. The highest BCUT2D eigenvalue weighted by molar-refractivity contribution is 6.07. The number of pyridine rings is 1. The van der Waals surface area contributed by atoms with E-state index in [9.17, 15) is 0 Å². The third-order valence-electron chi connectivity index (χ3n) is 10.5. The number of benzene rings is 7. The predicted molar refractivity (Wildman–Crippen MR) is 228 cm³/mol. The van der Waals surface area contributed by atoms with E-state index in [4.69, 9.17) is 24.4 Å². The third-order valence-corrected chi connectivity index (χ3v) is 10.5. The lowest BCUT2D eigenvalue weighted by Crippen LogP contribution is -2.00. The zero-order chi connectivity index (χ0) is 37.7. The molecule has 4 aromatic heterocycles. The Morgan fingerprint density at radius 3 is 1.49 bits per heavy atom. The van der Waals surface area contributed by atoms with E-state index in [0.717, 1.165) is 66.5 Å². The molecule has 57 heavy (non-hydrogen) atoms. The number of nitrogens with zero attached hydrogens (tertiary/aromatic N) is 6. The molecule has 0 aliphatic heterocycles. The van der Waals surface area contributed by atoms with Gasteiger partial charge < -0.3 is 4.42 Å². The van der Waals surface area contributed by atoms with Gasteiger partial charge in [-0.3, -0.25) is 0 Å².